The van der Waals surface area contributed by atoms with Crippen LogP contribution in [-0.4, -0.2) is 29.6 Å². The molecule has 6 heteroatoms. The van der Waals surface area contributed by atoms with Crippen molar-refractivity contribution >= 4 is 11.9 Å². The minimum absolute atomic E-state index is 0.0129. The number of rotatable bonds is 5. The Bertz CT molecular complexity index is 176. The summed E-state index contributed by atoms with van der Waals surface area (Å²) >= 11 is 0. The lowest BCUT2D eigenvalue weighted by molar-refractivity contribution is -0.138. The highest BCUT2D eigenvalue weighted by atomic mass is 16.5. The van der Waals surface area contributed by atoms with Crippen LogP contribution in [0.4, 0.5) is 0 Å². The van der Waals surface area contributed by atoms with Crippen molar-refractivity contribution < 1.29 is 9.90 Å². The molecule has 0 bridgehead atoms. The number of hydrogen-bond donors (Lipinski definition) is 4. The highest BCUT2D eigenvalue weighted by molar-refractivity contribution is 5.75. The van der Waals surface area contributed by atoms with Gasteiger partial charge in [-0.05, 0) is 12.8 Å². The predicted octanol–water partition coefficient (Wildman–Crippen LogP) is -1.55. The maximum Gasteiger partial charge on any atom is 0.320 e. The van der Waals surface area contributed by atoms with Crippen molar-refractivity contribution in [3.05, 3.63) is 0 Å². The van der Waals surface area contributed by atoms with E-state index < -0.39 is 12.0 Å². The third kappa shape index (κ3) is 5.48. The summed E-state index contributed by atoms with van der Waals surface area (Å²) in [6.07, 6.45) is 0.956. The van der Waals surface area contributed by atoms with Crippen molar-refractivity contribution in [3.63, 3.8) is 0 Å². The SMILES string of the molecule is NC(N)=NCCCC(N)[13C](=O)O. The van der Waals surface area contributed by atoms with Gasteiger partial charge in [0.15, 0.2) is 5.96 Å². The number of nitrogens with zero attached hydrogens (tertiary/aromatic N) is 1. The van der Waals surface area contributed by atoms with Crippen molar-refractivity contribution in [1.29, 1.82) is 0 Å². The van der Waals surface area contributed by atoms with Crippen LogP contribution in [-0.2, 0) is 4.79 Å². The minimum Gasteiger partial charge on any atom is -0.480 e. The molecule has 0 spiro atoms. The summed E-state index contributed by atoms with van der Waals surface area (Å²) in [5, 5.41) is 8.38. The van der Waals surface area contributed by atoms with E-state index in [-0.39, 0.29) is 5.96 Å². The average Bonchev–Trinajstić information content (AvgIpc) is 1.97. The number of carboxylic acids is 1. The van der Waals surface area contributed by atoms with Gasteiger partial charge in [-0.2, -0.15) is 0 Å². The van der Waals surface area contributed by atoms with Crippen LogP contribution in [0.3, 0.4) is 0 Å². The molecule has 70 valence electrons. The summed E-state index contributed by atoms with van der Waals surface area (Å²) in [5.74, 6) is -0.987. The van der Waals surface area contributed by atoms with Crippen LogP contribution in [0, 0.1) is 0 Å². The van der Waals surface area contributed by atoms with E-state index in [1.165, 1.54) is 0 Å². The molecule has 12 heavy (non-hydrogen) atoms. The highest BCUT2D eigenvalue weighted by Gasteiger charge is 2.09. The molecule has 0 aliphatic rings. The number of aliphatic imine (C=N–C) groups is 1. The van der Waals surface area contributed by atoms with Crippen LogP contribution in [0.1, 0.15) is 12.8 Å². The lowest BCUT2D eigenvalue weighted by Crippen LogP contribution is -2.30. The fourth-order valence-corrected chi connectivity index (χ4v) is 0.643. The molecule has 0 saturated carbocycles. The molecule has 1 atom stereocenters. The Kier molecular flexibility index (Phi) is 4.78. The third-order valence-electron chi connectivity index (χ3n) is 1.28. The molecule has 0 aromatic heterocycles. The van der Waals surface area contributed by atoms with Gasteiger partial charge >= 0.3 is 5.97 Å². The van der Waals surface area contributed by atoms with Gasteiger partial charge in [0.05, 0.1) is 0 Å². The molecular weight excluding hydrogens is 161 g/mol. The van der Waals surface area contributed by atoms with Crippen LogP contribution >= 0.6 is 0 Å². The van der Waals surface area contributed by atoms with E-state index in [9.17, 15) is 4.79 Å². The third-order valence-corrected chi connectivity index (χ3v) is 1.28. The maximum atomic E-state index is 10.2. The normalized spacial score (nSPS) is 12.1. The minimum atomic E-state index is -1.00. The molecule has 0 aromatic carbocycles. The quantitative estimate of drug-likeness (QED) is 0.174. The number of nitrogens with two attached hydrogens (primary N) is 3. The van der Waals surface area contributed by atoms with E-state index in [2.05, 4.69) is 4.99 Å². The maximum absolute atomic E-state index is 10.2. The van der Waals surface area contributed by atoms with Gasteiger partial charge in [-0.1, -0.05) is 0 Å². The summed E-state index contributed by atoms with van der Waals surface area (Å²) in [4.78, 5) is 13.9. The second kappa shape index (κ2) is 5.36. The van der Waals surface area contributed by atoms with Gasteiger partial charge in [0, 0.05) is 6.54 Å². The molecule has 0 rings (SSSR count). The zero-order chi connectivity index (χ0) is 9.56. The Morgan fingerprint density at radius 3 is 2.50 bits per heavy atom. The second-order valence-corrected chi connectivity index (χ2v) is 2.39. The van der Waals surface area contributed by atoms with Gasteiger partial charge in [-0.3, -0.25) is 9.79 Å². The van der Waals surface area contributed by atoms with E-state index >= 15 is 0 Å². The standard InChI is InChI=1S/C6H14N4O2/c7-4(5(11)12)2-1-3-10-6(8)9/h4H,1-3,7H2,(H,11,12)(H4,8,9,10)/i5+1. The zero-order valence-corrected chi connectivity index (χ0v) is 6.73. The summed E-state index contributed by atoms with van der Waals surface area (Å²) in [7, 11) is 0. The highest BCUT2D eigenvalue weighted by Crippen LogP contribution is 1.94. The van der Waals surface area contributed by atoms with Crippen LogP contribution in [0.15, 0.2) is 4.99 Å². The molecule has 1 unspecified atom stereocenters. The first kappa shape index (κ1) is 10.7. The Morgan fingerprint density at radius 1 is 1.50 bits per heavy atom. The zero-order valence-electron chi connectivity index (χ0n) is 6.73. The summed E-state index contributed by atoms with van der Waals surface area (Å²) < 4.78 is 0. The average molecular weight is 175 g/mol. The fraction of sp³-hybridized carbons (Fsp3) is 0.667. The topological polar surface area (TPSA) is 128 Å². The van der Waals surface area contributed by atoms with Gasteiger partial charge < -0.3 is 22.3 Å². The van der Waals surface area contributed by atoms with Crippen LogP contribution < -0.4 is 17.2 Å². The van der Waals surface area contributed by atoms with Crippen molar-refractivity contribution in [2.45, 2.75) is 18.9 Å². The van der Waals surface area contributed by atoms with E-state index in [1.807, 2.05) is 0 Å². The predicted molar refractivity (Wildman–Crippen MR) is 45.5 cm³/mol. The van der Waals surface area contributed by atoms with Crippen LogP contribution in [0.5, 0.6) is 0 Å². The van der Waals surface area contributed by atoms with Crippen LogP contribution in [0.2, 0.25) is 0 Å². The summed E-state index contributed by atoms with van der Waals surface area (Å²) in [6, 6.07) is -0.820. The van der Waals surface area contributed by atoms with Gasteiger partial charge in [0.2, 0.25) is 0 Å². The Morgan fingerprint density at radius 2 is 2.08 bits per heavy atom. The molecule has 0 saturated heterocycles. The Balaban J connectivity index is 3.44. The largest absolute Gasteiger partial charge is 0.480 e. The second-order valence-electron chi connectivity index (χ2n) is 2.39. The number of carboxylic acid groups (broad SMARTS) is 1. The summed E-state index contributed by atoms with van der Waals surface area (Å²) in [5.41, 5.74) is 15.3. The molecular formula is C6H14N4O2. The Hall–Kier alpha value is -1.30. The van der Waals surface area contributed by atoms with Gasteiger partial charge in [-0.25, -0.2) is 0 Å². The van der Waals surface area contributed by atoms with Gasteiger partial charge in [0.25, 0.3) is 0 Å². The first-order valence-corrected chi connectivity index (χ1v) is 3.58. The van der Waals surface area contributed by atoms with Gasteiger partial charge in [-0.15, -0.1) is 0 Å². The molecule has 6 nitrogen and oxygen atoms in total. The van der Waals surface area contributed by atoms with Crippen molar-refractivity contribution in [2.24, 2.45) is 22.2 Å². The van der Waals surface area contributed by atoms with Gasteiger partial charge in [0.1, 0.15) is 6.04 Å². The Labute approximate surface area is 70.4 Å². The number of guanidine groups is 1. The molecule has 0 amide bonds. The summed E-state index contributed by atoms with van der Waals surface area (Å²) in [6.45, 7) is 0.420. The molecule has 7 N–H and O–H groups in total. The van der Waals surface area contributed by atoms with E-state index in [0.29, 0.717) is 19.4 Å². The van der Waals surface area contributed by atoms with Crippen molar-refractivity contribution in [2.75, 3.05) is 6.54 Å². The van der Waals surface area contributed by atoms with E-state index in [0.717, 1.165) is 0 Å². The molecule has 0 aliphatic carbocycles. The fourth-order valence-electron chi connectivity index (χ4n) is 0.643. The lowest BCUT2D eigenvalue weighted by Gasteiger charge is -2.03. The molecule has 0 aliphatic heterocycles. The first-order valence-electron chi connectivity index (χ1n) is 3.58. The molecule has 0 radical (unpaired) electrons. The molecule has 0 heterocycles. The van der Waals surface area contributed by atoms with Crippen LogP contribution in [0.25, 0.3) is 0 Å². The first-order chi connectivity index (χ1) is 5.54. The van der Waals surface area contributed by atoms with E-state index in [4.69, 9.17) is 22.3 Å². The monoisotopic (exact) mass is 175 g/mol. The molecule has 0 aromatic rings. The number of hydrogen-bond acceptors (Lipinski definition) is 3. The number of aliphatic carboxylic acids is 1. The molecule has 0 fully saturated rings. The lowest BCUT2D eigenvalue weighted by atomic mass is 10.2. The smallest absolute Gasteiger partial charge is 0.320 e. The van der Waals surface area contributed by atoms with Crippen molar-refractivity contribution in [3.8, 4) is 0 Å². The van der Waals surface area contributed by atoms with Crippen molar-refractivity contribution in [1.82, 2.24) is 0 Å². The van der Waals surface area contributed by atoms with E-state index in [1.54, 1.807) is 0 Å². The number of carbonyl (C=O) groups is 1.